The Morgan fingerprint density at radius 3 is 2.85 bits per heavy atom. The van der Waals surface area contributed by atoms with Crippen LogP contribution in [0.25, 0.3) is 6.08 Å². The number of ether oxygens (including phenoxy) is 1. The summed E-state index contributed by atoms with van der Waals surface area (Å²) in [6.45, 7) is 0.220. The lowest BCUT2D eigenvalue weighted by Gasteiger charge is -2.03. The normalized spacial score (nSPS) is 14.2. The zero-order valence-corrected chi connectivity index (χ0v) is 15.2. The number of non-ortho nitro benzene ring substituents is 1. The molecule has 0 amide bonds. The minimum Gasteiger partial charge on any atom is -0.493 e. The van der Waals surface area contributed by atoms with E-state index in [2.05, 4.69) is 0 Å². The van der Waals surface area contributed by atoms with Gasteiger partial charge in [-0.2, -0.15) is 0 Å². The van der Waals surface area contributed by atoms with Gasteiger partial charge in [0.1, 0.15) is 5.75 Å². The van der Waals surface area contributed by atoms with E-state index in [9.17, 15) is 24.8 Å². The van der Waals surface area contributed by atoms with Crippen LogP contribution >= 0.6 is 23.6 Å². The molecule has 27 heavy (non-hydrogen) atoms. The van der Waals surface area contributed by atoms with Crippen molar-refractivity contribution < 1.29 is 29.5 Å². The summed E-state index contributed by atoms with van der Waals surface area (Å²) in [7, 11) is 0. The molecule has 0 saturated carbocycles. The van der Waals surface area contributed by atoms with Gasteiger partial charge in [0.15, 0.2) is 9.71 Å². The van der Waals surface area contributed by atoms with Gasteiger partial charge in [0.05, 0.1) is 21.4 Å². The summed E-state index contributed by atoms with van der Waals surface area (Å²) in [5, 5.41) is 29.8. The topological polar surface area (TPSA) is 132 Å². The van der Waals surface area contributed by atoms with E-state index in [0.717, 1.165) is 17.4 Å². The summed E-state index contributed by atoms with van der Waals surface area (Å²) in [4.78, 5) is 33.5. The van der Waals surface area contributed by atoms with E-state index >= 15 is 0 Å². The number of rotatable bonds is 6. The van der Waals surface area contributed by atoms with Crippen molar-refractivity contribution in [1.29, 1.82) is 0 Å². The van der Waals surface area contributed by atoms with E-state index in [1.807, 2.05) is 0 Å². The van der Waals surface area contributed by atoms with Gasteiger partial charge in [-0.25, -0.2) is 0 Å². The van der Waals surface area contributed by atoms with E-state index in [1.165, 1.54) is 22.8 Å². The maximum Gasteiger partial charge on any atom is 0.303 e. The molecule has 0 atom stereocenters. The predicted octanol–water partition coefficient (Wildman–Crippen LogP) is 3.37. The van der Waals surface area contributed by atoms with Crippen molar-refractivity contribution in [3.05, 3.63) is 48.5 Å². The van der Waals surface area contributed by atoms with Crippen LogP contribution in [0, 0.1) is 14.1 Å². The molecule has 1 aromatic carbocycles. The largest absolute Gasteiger partial charge is 0.493 e. The number of carbonyl (C=O) groups is 2. The summed E-state index contributed by atoms with van der Waals surface area (Å²) in [5.41, 5.74) is -0.0123. The first-order valence-corrected chi connectivity index (χ1v) is 8.87. The molecule has 0 fully saturated rings. The van der Waals surface area contributed by atoms with E-state index < -0.39 is 16.7 Å². The van der Waals surface area contributed by atoms with Gasteiger partial charge >= 0.3 is 5.97 Å². The molecule has 0 unspecified atom stereocenters. The van der Waals surface area contributed by atoms with Crippen LogP contribution < -0.4 is 4.74 Å². The average Bonchev–Trinajstić information content (AvgIpc) is 3.05. The lowest BCUT2D eigenvalue weighted by atomic mass is 10.1. The number of carboxylic acid groups (broad SMARTS) is 1. The van der Waals surface area contributed by atoms with Crippen molar-refractivity contribution in [3.8, 4) is 11.6 Å². The van der Waals surface area contributed by atoms with E-state index in [0.29, 0.717) is 3.95 Å². The number of ketones is 1. The molecule has 2 aromatic rings. The molecule has 0 radical (unpaired) electrons. The minimum atomic E-state index is -0.949. The van der Waals surface area contributed by atoms with Crippen LogP contribution in [0.3, 0.4) is 0 Å². The second-order valence-electron chi connectivity index (χ2n) is 5.58. The minimum absolute atomic E-state index is 0.0663. The van der Waals surface area contributed by atoms with Crippen molar-refractivity contribution in [2.75, 3.05) is 0 Å². The van der Waals surface area contributed by atoms with Gasteiger partial charge in [-0.15, -0.1) is 11.3 Å². The summed E-state index contributed by atoms with van der Waals surface area (Å²) in [5.74, 6) is -1.62. The highest BCUT2D eigenvalue weighted by molar-refractivity contribution is 7.73. The van der Waals surface area contributed by atoms with Crippen molar-refractivity contribution in [1.82, 2.24) is 4.57 Å². The number of hydrogen-bond acceptors (Lipinski definition) is 8. The molecule has 2 heterocycles. The SMILES string of the molecule is O=C(O)CCCn1c(O)c(C=C2Oc3cc([N+](=O)[O-])ccc3C2=O)sc1=S. The number of hydrogen-bond donors (Lipinski definition) is 2. The zero-order valence-electron chi connectivity index (χ0n) is 13.6. The number of nitro benzene ring substituents is 1. The van der Waals surface area contributed by atoms with Gasteiger partial charge in [0.2, 0.25) is 11.7 Å². The van der Waals surface area contributed by atoms with Gasteiger partial charge in [-0.1, -0.05) is 0 Å². The van der Waals surface area contributed by atoms with Crippen LogP contribution in [0.1, 0.15) is 28.1 Å². The molecule has 0 aliphatic carbocycles. The van der Waals surface area contributed by atoms with Gasteiger partial charge in [-0.05, 0) is 24.7 Å². The molecule has 1 aliphatic heterocycles. The third kappa shape index (κ3) is 3.73. The fraction of sp³-hybridized carbons (Fsp3) is 0.188. The first-order valence-electron chi connectivity index (χ1n) is 7.65. The number of Topliss-reactive ketones (excluding diaryl/α,β-unsaturated/α-hetero) is 1. The van der Waals surface area contributed by atoms with Crippen LogP contribution in [0.15, 0.2) is 24.0 Å². The maximum absolute atomic E-state index is 12.4. The Labute approximate surface area is 160 Å². The lowest BCUT2D eigenvalue weighted by Crippen LogP contribution is -2.01. The fourth-order valence-corrected chi connectivity index (χ4v) is 3.79. The smallest absolute Gasteiger partial charge is 0.303 e. The third-order valence-corrected chi connectivity index (χ3v) is 5.18. The highest BCUT2D eigenvalue weighted by atomic mass is 32.1. The molecule has 3 rings (SSSR count). The van der Waals surface area contributed by atoms with Crippen molar-refractivity contribution >= 4 is 47.1 Å². The number of aliphatic carboxylic acids is 1. The van der Waals surface area contributed by atoms with Crippen LogP contribution in [0.4, 0.5) is 5.69 Å². The number of aromatic hydroxyl groups is 1. The number of nitro groups is 1. The summed E-state index contributed by atoms with van der Waals surface area (Å²) < 4.78 is 7.12. The molecule has 0 bridgehead atoms. The Kier molecular flexibility index (Phi) is 5.06. The first-order chi connectivity index (χ1) is 12.8. The molecule has 1 aliphatic rings. The van der Waals surface area contributed by atoms with Gasteiger partial charge in [0, 0.05) is 25.1 Å². The molecule has 0 saturated heterocycles. The van der Waals surface area contributed by atoms with E-state index in [-0.39, 0.29) is 52.9 Å². The van der Waals surface area contributed by atoms with Gasteiger partial charge in [0.25, 0.3) is 5.69 Å². The Bertz CT molecular complexity index is 1050. The number of allylic oxidation sites excluding steroid dienone is 1. The number of carboxylic acids is 1. The predicted molar refractivity (Wildman–Crippen MR) is 97.7 cm³/mol. The van der Waals surface area contributed by atoms with Gasteiger partial charge < -0.3 is 14.9 Å². The Balaban J connectivity index is 1.87. The number of benzene rings is 1. The third-order valence-electron chi connectivity index (χ3n) is 3.79. The molecule has 140 valence electrons. The molecule has 1 aromatic heterocycles. The molecule has 9 nitrogen and oxygen atoms in total. The van der Waals surface area contributed by atoms with Crippen molar-refractivity contribution in [3.63, 3.8) is 0 Å². The lowest BCUT2D eigenvalue weighted by molar-refractivity contribution is -0.384. The summed E-state index contributed by atoms with van der Waals surface area (Å²) in [6, 6.07) is 3.69. The standard InChI is InChI=1S/C16H12N2O7S2/c19-13(20)2-1-5-17-15(22)12(27-16(17)26)7-11-14(21)9-4-3-8(18(23)24)6-10(9)25-11/h3-4,6-7,22H,1-2,5H2,(H,19,20). The summed E-state index contributed by atoms with van der Waals surface area (Å²) in [6.07, 6.45) is 1.54. The zero-order chi connectivity index (χ0) is 19.7. The number of carbonyl (C=O) groups excluding carboxylic acids is 1. The quantitative estimate of drug-likeness (QED) is 0.322. The molecule has 2 N–H and O–H groups in total. The van der Waals surface area contributed by atoms with E-state index in [4.69, 9.17) is 22.1 Å². The number of thiazole rings is 1. The maximum atomic E-state index is 12.4. The molecule has 0 spiro atoms. The fourth-order valence-electron chi connectivity index (χ4n) is 2.50. The van der Waals surface area contributed by atoms with Crippen molar-refractivity contribution in [2.45, 2.75) is 19.4 Å². The number of aromatic nitrogens is 1. The van der Waals surface area contributed by atoms with Crippen LogP contribution in [-0.2, 0) is 11.3 Å². The first kappa shape index (κ1) is 18.7. The molecular formula is C16H12N2O7S2. The number of fused-ring (bicyclic) bond motifs is 1. The molecular weight excluding hydrogens is 396 g/mol. The van der Waals surface area contributed by atoms with Crippen LogP contribution in [0.2, 0.25) is 0 Å². The molecule has 11 heteroatoms. The second-order valence-corrected chi connectivity index (χ2v) is 7.26. The van der Waals surface area contributed by atoms with Crippen molar-refractivity contribution in [2.24, 2.45) is 0 Å². The van der Waals surface area contributed by atoms with Crippen LogP contribution in [0.5, 0.6) is 11.6 Å². The second kappa shape index (κ2) is 7.29. The highest BCUT2D eigenvalue weighted by Gasteiger charge is 2.30. The average molecular weight is 408 g/mol. The number of nitrogens with zero attached hydrogens (tertiary/aromatic N) is 2. The summed E-state index contributed by atoms with van der Waals surface area (Å²) >= 11 is 6.21. The van der Waals surface area contributed by atoms with E-state index in [1.54, 1.807) is 0 Å². The monoisotopic (exact) mass is 408 g/mol. The Morgan fingerprint density at radius 2 is 2.19 bits per heavy atom. The Morgan fingerprint density at radius 1 is 1.44 bits per heavy atom. The Hall–Kier alpha value is -3.05. The van der Waals surface area contributed by atoms with Crippen LogP contribution in [-0.4, -0.2) is 31.5 Å². The van der Waals surface area contributed by atoms with Gasteiger partial charge in [-0.3, -0.25) is 24.3 Å². The highest BCUT2D eigenvalue weighted by Crippen LogP contribution is 2.36.